The molecule has 3 aromatic rings. The van der Waals surface area contributed by atoms with E-state index in [1.807, 2.05) is 61.5 Å². The van der Waals surface area contributed by atoms with Gasteiger partial charge in [-0.3, -0.25) is 9.59 Å². The normalized spacial score (nSPS) is 10.4. The van der Waals surface area contributed by atoms with E-state index in [1.54, 1.807) is 0 Å². The molecule has 7 heteroatoms. The molecule has 1 heterocycles. The number of hydrogen-bond donors (Lipinski definition) is 3. The van der Waals surface area contributed by atoms with Crippen LogP contribution < -0.4 is 16.4 Å². The van der Waals surface area contributed by atoms with E-state index in [0.717, 1.165) is 28.2 Å². The largest absolute Gasteiger partial charge is 0.395 e. The van der Waals surface area contributed by atoms with Gasteiger partial charge in [-0.15, -0.1) is 0 Å². The summed E-state index contributed by atoms with van der Waals surface area (Å²) in [5, 5.41) is 5.57. The van der Waals surface area contributed by atoms with Gasteiger partial charge in [0.15, 0.2) is 5.69 Å². The number of aromatic nitrogens is 1. The summed E-state index contributed by atoms with van der Waals surface area (Å²) in [6.45, 7) is 2.75. The molecule has 0 unspecified atom stereocenters. The van der Waals surface area contributed by atoms with Crippen molar-refractivity contribution < 1.29 is 9.59 Å². The van der Waals surface area contributed by atoms with Crippen molar-refractivity contribution in [1.29, 1.82) is 0 Å². The average Bonchev–Trinajstić information content (AvgIpc) is 3.08. The first-order valence-electron chi connectivity index (χ1n) is 8.45. The number of carbonyl (C=O) groups is 2. The second-order valence-corrected chi connectivity index (χ2v) is 6.88. The molecule has 138 valence electrons. The molecule has 0 atom stereocenters. The highest BCUT2D eigenvalue weighted by Crippen LogP contribution is 2.21. The Morgan fingerprint density at radius 1 is 0.926 bits per heavy atom. The maximum atomic E-state index is 12.4. The third-order valence-electron chi connectivity index (χ3n) is 4.02. The van der Waals surface area contributed by atoms with Crippen molar-refractivity contribution in [2.24, 2.45) is 0 Å². The molecule has 0 aliphatic rings. The summed E-state index contributed by atoms with van der Waals surface area (Å²) in [6.07, 6.45) is 0. The monoisotopic (exact) mass is 380 g/mol. The molecule has 3 rings (SSSR count). The first kappa shape index (κ1) is 18.6. The highest BCUT2D eigenvalue weighted by Gasteiger charge is 2.21. The third-order valence-corrected chi connectivity index (χ3v) is 4.88. The van der Waals surface area contributed by atoms with E-state index in [9.17, 15) is 9.59 Å². The summed E-state index contributed by atoms with van der Waals surface area (Å²) >= 11 is 0.924. The molecule has 0 radical (unpaired) electrons. The molecule has 27 heavy (non-hydrogen) atoms. The van der Waals surface area contributed by atoms with Gasteiger partial charge in [0.2, 0.25) is 0 Å². The molecule has 0 aliphatic carbocycles. The van der Waals surface area contributed by atoms with E-state index in [1.165, 1.54) is 0 Å². The summed E-state index contributed by atoms with van der Waals surface area (Å²) in [6, 6.07) is 17.4. The summed E-state index contributed by atoms with van der Waals surface area (Å²) in [5.41, 5.74) is 9.28. The molecule has 4 N–H and O–H groups in total. The summed E-state index contributed by atoms with van der Waals surface area (Å²) < 4.78 is 4.06. The number of nitrogens with one attached hydrogen (secondary N) is 2. The number of rotatable bonds is 6. The fraction of sp³-hybridized carbons (Fsp3) is 0.150. The number of anilines is 1. The molecule has 0 aliphatic heterocycles. The van der Waals surface area contributed by atoms with E-state index < -0.39 is 5.91 Å². The molecular weight excluding hydrogens is 360 g/mol. The molecule has 0 saturated heterocycles. The lowest BCUT2D eigenvalue weighted by atomic mass is 10.1. The second-order valence-electron chi connectivity index (χ2n) is 6.11. The van der Waals surface area contributed by atoms with Gasteiger partial charge in [0.25, 0.3) is 11.8 Å². The van der Waals surface area contributed by atoms with Crippen LogP contribution in [0.4, 0.5) is 5.69 Å². The molecule has 0 bridgehead atoms. The SMILES string of the molecule is Cc1ccc(CNC(=O)c2snc(C(=O)NCc3ccccc3)c2N)cc1. The summed E-state index contributed by atoms with van der Waals surface area (Å²) in [4.78, 5) is 24.9. The molecule has 0 fully saturated rings. The molecular formula is C20H20N4O2S. The second kappa shape index (κ2) is 8.46. The zero-order valence-electron chi connectivity index (χ0n) is 14.9. The number of aryl methyl sites for hydroxylation is 1. The lowest BCUT2D eigenvalue weighted by Crippen LogP contribution is -2.25. The molecule has 6 nitrogen and oxygen atoms in total. The lowest BCUT2D eigenvalue weighted by Gasteiger charge is -2.06. The number of amides is 2. The Morgan fingerprint density at radius 2 is 1.52 bits per heavy atom. The summed E-state index contributed by atoms with van der Waals surface area (Å²) in [7, 11) is 0. The van der Waals surface area contributed by atoms with Crippen LogP contribution in [0, 0.1) is 6.92 Å². The van der Waals surface area contributed by atoms with Crippen molar-refractivity contribution >= 4 is 29.0 Å². The lowest BCUT2D eigenvalue weighted by molar-refractivity contribution is 0.0946. The average molecular weight is 380 g/mol. The maximum Gasteiger partial charge on any atom is 0.273 e. The standard InChI is InChI=1S/C20H20N4O2S/c1-13-7-9-15(10-8-13)12-23-20(26)18-16(21)17(24-27-18)19(25)22-11-14-5-3-2-4-6-14/h2-10H,11-12,21H2,1H3,(H,22,25)(H,23,26). The Labute approximate surface area is 161 Å². The van der Waals surface area contributed by atoms with Gasteiger partial charge in [-0.2, -0.15) is 4.37 Å². The van der Waals surface area contributed by atoms with Gasteiger partial charge in [0.1, 0.15) is 4.88 Å². The van der Waals surface area contributed by atoms with E-state index in [2.05, 4.69) is 15.0 Å². The van der Waals surface area contributed by atoms with E-state index in [4.69, 9.17) is 5.73 Å². The van der Waals surface area contributed by atoms with Crippen LogP contribution in [0.3, 0.4) is 0 Å². The van der Waals surface area contributed by atoms with Crippen LogP contribution in [-0.2, 0) is 13.1 Å². The fourth-order valence-electron chi connectivity index (χ4n) is 2.46. The van der Waals surface area contributed by atoms with Crippen molar-refractivity contribution in [3.8, 4) is 0 Å². The van der Waals surface area contributed by atoms with Crippen LogP contribution in [0.2, 0.25) is 0 Å². The van der Waals surface area contributed by atoms with Crippen molar-refractivity contribution in [3.63, 3.8) is 0 Å². The smallest absolute Gasteiger partial charge is 0.273 e. The number of benzene rings is 2. The van der Waals surface area contributed by atoms with Gasteiger partial charge < -0.3 is 16.4 Å². The van der Waals surface area contributed by atoms with Crippen LogP contribution in [0.1, 0.15) is 36.9 Å². The van der Waals surface area contributed by atoms with Crippen LogP contribution in [0.5, 0.6) is 0 Å². The predicted molar refractivity (Wildman–Crippen MR) is 106 cm³/mol. The van der Waals surface area contributed by atoms with Gasteiger partial charge in [-0.05, 0) is 29.6 Å². The predicted octanol–water partition coefficient (Wildman–Crippen LogP) is 2.89. The highest BCUT2D eigenvalue weighted by atomic mass is 32.1. The minimum absolute atomic E-state index is 0.0800. The number of nitrogen functional groups attached to an aromatic ring is 1. The van der Waals surface area contributed by atoms with Crippen molar-refractivity contribution in [2.75, 3.05) is 5.73 Å². The quantitative estimate of drug-likeness (QED) is 0.612. The van der Waals surface area contributed by atoms with Crippen LogP contribution in [0.15, 0.2) is 54.6 Å². The van der Waals surface area contributed by atoms with Crippen molar-refractivity contribution in [3.05, 3.63) is 81.9 Å². The van der Waals surface area contributed by atoms with Gasteiger partial charge in [-0.1, -0.05) is 60.2 Å². The molecule has 0 saturated carbocycles. The van der Waals surface area contributed by atoms with Crippen molar-refractivity contribution in [1.82, 2.24) is 15.0 Å². The third kappa shape index (κ3) is 4.71. The van der Waals surface area contributed by atoms with Crippen LogP contribution >= 0.6 is 11.5 Å². The van der Waals surface area contributed by atoms with Gasteiger partial charge in [-0.25, -0.2) is 0 Å². The highest BCUT2D eigenvalue weighted by molar-refractivity contribution is 7.09. The van der Waals surface area contributed by atoms with Gasteiger partial charge in [0, 0.05) is 13.1 Å². The zero-order valence-corrected chi connectivity index (χ0v) is 15.7. The minimum atomic E-state index is -0.398. The molecule has 2 aromatic carbocycles. The maximum absolute atomic E-state index is 12.4. The Morgan fingerprint density at radius 3 is 2.19 bits per heavy atom. The van der Waals surface area contributed by atoms with Crippen molar-refractivity contribution in [2.45, 2.75) is 20.0 Å². The van der Waals surface area contributed by atoms with Gasteiger partial charge in [0.05, 0.1) is 5.69 Å². The zero-order chi connectivity index (χ0) is 19.2. The Bertz CT molecular complexity index is 936. The number of hydrogen-bond acceptors (Lipinski definition) is 5. The fourth-order valence-corrected chi connectivity index (χ4v) is 3.17. The van der Waals surface area contributed by atoms with Gasteiger partial charge >= 0.3 is 0 Å². The van der Waals surface area contributed by atoms with E-state index in [-0.39, 0.29) is 22.2 Å². The Kier molecular flexibility index (Phi) is 5.83. The van der Waals surface area contributed by atoms with E-state index in [0.29, 0.717) is 13.1 Å². The summed E-state index contributed by atoms with van der Waals surface area (Å²) in [5.74, 6) is -0.738. The molecule has 1 aromatic heterocycles. The molecule has 2 amide bonds. The Balaban J connectivity index is 1.60. The van der Waals surface area contributed by atoms with Crippen LogP contribution in [-0.4, -0.2) is 16.2 Å². The first-order chi connectivity index (χ1) is 13.0. The number of carbonyl (C=O) groups excluding carboxylic acids is 2. The molecule has 0 spiro atoms. The minimum Gasteiger partial charge on any atom is -0.395 e. The Hall–Kier alpha value is -3.19. The number of nitrogens with zero attached hydrogens (tertiary/aromatic N) is 1. The number of nitrogens with two attached hydrogens (primary N) is 1. The van der Waals surface area contributed by atoms with Crippen LogP contribution in [0.25, 0.3) is 0 Å². The first-order valence-corrected chi connectivity index (χ1v) is 9.23. The topological polar surface area (TPSA) is 97.1 Å². The van der Waals surface area contributed by atoms with E-state index >= 15 is 0 Å².